The van der Waals surface area contributed by atoms with Crippen molar-refractivity contribution < 1.29 is 22.4 Å². The Balaban J connectivity index is -0.000000720. The second kappa shape index (κ2) is 11.8. The van der Waals surface area contributed by atoms with E-state index in [0.717, 1.165) is 12.8 Å². The van der Waals surface area contributed by atoms with Gasteiger partial charge in [-0.25, -0.2) is 0 Å². The van der Waals surface area contributed by atoms with Crippen LogP contribution in [-0.2, 0) is 10.1 Å². The van der Waals surface area contributed by atoms with Crippen LogP contribution in [0.1, 0.15) is 51.9 Å². The van der Waals surface area contributed by atoms with E-state index < -0.39 is 10.1 Å². The van der Waals surface area contributed by atoms with E-state index in [2.05, 4.69) is 6.92 Å². The SMILES string of the molecule is CCCCCCCCCS(=O)(=O)O.F.F. The Morgan fingerprint density at radius 2 is 1.27 bits per heavy atom. The molecule has 0 aliphatic rings. The normalized spacial score (nSPS) is 10.3. The molecule has 0 atom stereocenters. The van der Waals surface area contributed by atoms with Crippen molar-refractivity contribution in [2.45, 2.75) is 51.9 Å². The summed E-state index contributed by atoms with van der Waals surface area (Å²) < 4.78 is 29.1. The lowest BCUT2D eigenvalue weighted by Crippen LogP contribution is -2.03. The Bertz CT molecular complexity index is 205. The average molecular weight is 248 g/mol. The fraction of sp³-hybridized carbons (Fsp3) is 1.00. The number of halogens is 2. The van der Waals surface area contributed by atoms with Gasteiger partial charge in [-0.2, -0.15) is 8.42 Å². The molecule has 0 fully saturated rings. The van der Waals surface area contributed by atoms with Crippen LogP contribution in [0.3, 0.4) is 0 Å². The van der Waals surface area contributed by atoms with Crippen LogP contribution in [0.4, 0.5) is 9.41 Å². The summed E-state index contributed by atoms with van der Waals surface area (Å²) >= 11 is 0. The molecule has 0 bridgehead atoms. The molecule has 3 nitrogen and oxygen atoms in total. The van der Waals surface area contributed by atoms with Crippen LogP contribution >= 0.6 is 0 Å². The molecule has 0 radical (unpaired) electrons. The fourth-order valence-electron chi connectivity index (χ4n) is 1.24. The van der Waals surface area contributed by atoms with Crippen molar-refractivity contribution in [3.63, 3.8) is 0 Å². The van der Waals surface area contributed by atoms with E-state index in [1.165, 1.54) is 25.7 Å². The number of hydrogen-bond acceptors (Lipinski definition) is 2. The molecule has 0 unspecified atom stereocenters. The average Bonchev–Trinajstić information content (AvgIpc) is 2.01. The third-order valence-corrected chi connectivity index (χ3v) is 2.81. The van der Waals surface area contributed by atoms with Crippen molar-refractivity contribution in [3.05, 3.63) is 0 Å². The molecule has 15 heavy (non-hydrogen) atoms. The number of rotatable bonds is 8. The molecule has 0 spiro atoms. The van der Waals surface area contributed by atoms with Gasteiger partial charge in [0.05, 0.1) is 5.75 Å². The van der Waals surface area contributed by atoms with Gasteiger partial charge in [0.2, 0.25) is 0 Å². The molecule has 0 rings (SSSR count). The molecule has 0 saturated heterocycles. The Labute approximate surface area is 90.7 Å². The highest BCUT2D eigenvalue weighted by atomic mass is 32.2. The number of hydrogen-bond donors (Lipinski definition) is 1. The molecule has 96 valence electrons. The highest BCUT2D eigenvalue weighted by Gasteiger charge is 2.02. The van der Waals surface area contributed by atoms with E-state index in [-0.39, 0.29) is 15.2 Å². The largest absolute Gasteiger partial charge is 0.286 e. The molecule has 0 aromatic rings. The van der Waals surface area contributed by atoms with Crippen molar-refractivity contribution >= 4 is 10.1 Å². The molecule has 0 aromatic heterocycles. The zero-order valence-electron chi connectivity index (χ0n) is 9.15. The second-order valence-corrected chi connectivity index (χ2v) is 4.98. The maximum absolute atomic E-state index is 10.3. The molecule has 0 amide bonds. The highest BCUT2D eigenvalue weighted by Crippen LogP contribution is 2.07. The quantitative estimate of drug-likeness (QED) is 0.531. The van der Waals surface area contributed by atoms with Gasteiger partial charge in [-0.1, -0.05) is 45.4 Å². The first kappa shape index (κ1) is 20.2. The standard InChI is InChI=1S/C9H20O3S.2FH/c1-2-3-4-5-6-7-8-9-13(10,11)12;;/h2-9H2,1H3,(H,10,11,12);2*1H. The Hall–Kier alpha value is -0.230. The molecule has 0 heterocycles. The van der Waals surface area contributed by atoms with E-state index in [0.29, 0.717) is 6.42 Å². The van der Waals surface area contributed by atoms with E-state index in [9.17, 15) is 8.42 Å². The minimum atomic E-state index is -3.72. The van der Waals surface area contributed by atoms with Crippen molar-refractivity contribution in [2.75, 3.05) is 5.75 Å². The fourth-order valence-corrected chi connectivity index (χ4v) is 1.81. The van der Waals surface area contributed by atoms with Gasteiger partial charge in [0, 0.05) is 0 Å². The van der Waals surface area contributed by atoms with Crippen molar-refractivity contribution in [1.29, 1.82) is 0 Å². The van der Waals surface area contributed by atoms with Crippen molar-refractivity contribution in [2.24, 2.45) is 0 Å². The van der Waals surface area contributed by atoms with Crippen LogP contribution in [0.2, 0.25) is 0 Å². The van der Waals surface area contributed by atoms with Crippen molar-refractivity contribution in [1.82, 2.24) is 0 Å². The van der Waals surface area contributed by atoms with E-state index in [1.807, 2.05) is 0 Å². The van der Waals surface area contributed by atoms with Crippen LogP contribution in [0.5, 0.6) is 0 Å². The van der Waals surface area contributed by atoms with E-state index >= 15 is 0 Å². The molecule has 0 saturated carbocycles. The third kappa shape index (κ3) is 20.0. The monoisotopic (exact) mass is 248 g/mol. The lowest BCUT2D eigenvalue weighted by molar-refractivity contribution is 0.478. The number of unbranched alkanes of at least 4 members (excludes halogenated alkanes) is 6. The summed E-state index contributed by atoms with van der Waals surface area (Å²) in [6.07, 6.45) is 7.48. The maximum Gasteiger partial charge on any atom is 0.264 e. The Morgan fingerprint density at radius 3 is 1.67 bits per heavy atom. The van der Waals surface area contributed by atoms with Gasteiger partial charge < -0.3 is 0 Å². The third-order valence-electron chi connectivity index (χ3n) is 2.01. The van der Waals surface area contributed by atoms with Gasteiger partial charge in [0.15, 0.2) is 0 Å². The molecular weight excluding hydrogens is 226 g/mol. The summed E-state index contributed by atoms with van der Waals surface area (Å²) in [6, 6.07) is 0. The lowest BCUT2D eigenvalue weighted by Gasteiger charge is -1.99. The molecule has 6 heteroatoms. The first-order chi connectivity index (χ1) is 6.06. The predicted molar refractivity (Wildman–Crippen MR) is 59.4 cm³/mol. The van der Waals surface area contributed by atoms with Crippen LogP contribution in [-0.4, -0.2) is 18.7 Å². The molecular formula is C9H22F2O3S. The van der Waals surface area contributed by atoms with E-state index in [4.69, 9.17) is 4.55 Å². The van der Waals surface area contributed by atoms with Gasteiger partial charge in [-0.15, -0.1) is 0 Å². The van der Waals surface area contributed by atoms with Gasteiger partial charge in [-0.05, 0) is 6.42 Å². The lowest BCUT2D eigenvalue weighted by atomic mass is 10.1. The molecule has 0 aliphatic carbocycles. The summed E-state index contributed by atoms with van der Waals surface area (Å²) in [4.78, 5) is 0. The summed E-state index contributed by atoms with van der Waals surface area (Å²) in [6.45, 7) is 2.17. The van der Waals surface area contributed by atoms with Gasteiger partial charge in [0.25, 0.3) is 10.1 Å². The van der Waals surface area contributed by atoms with Crippen LogP contribution < -0.4 is 0 Å². The van der Waals surface area contributed by atoms with Gasteiger partial charge >= 0.3 is 0 Å². The minimum Gasteiger partial charge on any atom is -0.286 e. The first-order valence-corrected chi connectivity index (χ1v) is 6.62. The molecule has 0 aromatic carbocycles. The summed E-state index contributed by atoms with van der Waals surface area (Å²) in [7, 11) is -3.72. The molecule has 1 N–H and O–H groups in total. The second-order valence-electron chi connectivity index (χ2n) is 3.41. The van der Waals surface area contributed by atoms with Gasteiger partial charge in [-0.3, -0.25) is 14.0 Å². The van der Waals surface area contributed by atoms with Gasteiger partial charge in [0.1, 0.15) is 0 Å². The van der Waals surface area contributed by atoms with E-state index in [1.54, 1.807) is 0 Å². The smallest absolute Gasteiger partial charge is 0.264 e. The zero-order valence-corrected chi connectivity index (χ0v) is 9.96. The topological polar surface area (TPSA) is 54.4 Å². The highest BCUT2D eigenvalue weighted by molar-refractivity contribution is 7.85. The van der Waals surface area contributed by atoms with Crippen LogP contribution in [0, 0.1) is 0 Å². The Morgan fingerprint density at radius 1 is 0.867 bits per heavy atom. The Kier molecular flexibility index (Phi) is 16.0. The van der Waals surface area contributed by atoms with Crippen LogP contribution in [0.25, 0.3) is 0 Å². The maximum atomic E-state index is 10.3. The zero-order chi connectivity index (χ0) is 10.2. The predicted octanol–water partition coefficient (Wildman–Crippen LogP) is 2.93. The molecule has 0 aliphatic heterocycles. The van der Waals surface area contributed by atoms with Crippen molar-refractivity contribution in [3.8, 4) is 0 Å². The summed E-state index contributed by atoms with van der Waals surface area (Å²) in [5, 5.41) is 0. The van der Waals surface area contributed by atoms with Crippen LogP contribution in [0.15, 0.2) is 0 Å². The first-order valence-electron chi connectivity index (χ1n) is 5.01. The minimum absolute atomic E-state index is 0. The summed E-state index contributed by atoms with van der Waals surface area (Å²) in [5.74, 6) is -0.0826. The summed E-state index contributed by atoms with van der Waals surface area (Å²) in [5.41, 5.74) is 0.